The van der Waals surface area contributed by atoms with Gasteiger partial charge in [0.15, 0.2) is 0 Å². The molecule has 0 spiro atoms. The Morgan fingerprint density at radius 1 is 1.18 bits per heavy atom. The van der Waals surface area contributed by atoms with E-state index in [4.69, 9.17) is 1.37 Å². The Morgan fingerprint density at radius 3 is 1.91 bits per heavy atom. The van der Waals surface area contributed by atoms with Crippen molar-refractivity contribution in [1.82, 2.24) is 5.06 Å². The molecule has 0 bridgehead atoms. The average Bonchev–Trinajstić information content (AvgIpc) is 1.80. The predicted octanol–water partition coefficient (Wildman–Crippen LogP) is 2.42. The molecule has 2 heteroatoms. The summed E-state index contributed by atoms with van der Waals surface area (Å²) in [5, 5.41) is 11.2. The number of hydrogen-bond donors (Lipinski definition) is 1. The quantitative estimate of drug-likeness (QED) is 0.586. The van der Waals surface area contributed by atoms with Crippen LogP contribution in [0.2, 0.25) is 0 Å². The minimum absolute atomic E-state index is 0.0431. The van der Waals surface area contributed by atoms with Gasteiger partial charge in [0.2, 0.25) is 0 Å². The summed E-state index contributed by atoms with van der Waals surface area (Å²) in [6.07, 6.45) is 1.44. The SMILES string of the molecule is [3H]C1CC(C)(C)N(O)C(C)(C)C1. The molecule has 0 radical (unpaired) electrons. The lowest BCUT2D eigenvalue weighted by atomic mass is 9.82. The summed E-state index contributed by atoms with van der Waals surface area (Å²) in [6.45, 7) is 7.93. The van der Waals surface area contributed by atoms with Gasteiger partial charge in [0.25, 0.3) is 0 Å². The normalized spacial score (nSPS) is 33.4. The van der Waals surface area contributed by atoms with Crippen LogP contribution in [0.15, 0.2) is 0 Å². The zero-order chi connectivity index (χ0) is 9.57. The Hall–Kier alpha value is -0.0800. The fraction of sp³-hybridized carbons (Fsp3) is 1.00. The van der Waals surface area contributed by atoms with Gasteiger partial charge in [-0.05, 0) is 46.9 Å². The van der Waals surface area contributed by atoms with E-state index in [-0.39, 0.29) is 17.5 Å². The minimum Gasteiger partial charge on any atom is -0.313 e. The predicted molar refractivity (Wildman–Crippen MR) is 45.6 cm³/mol. The first-order valence-electron chi connectivity index (χ1n) is 4.75. The van der Waals surface area contributed by atoms with Crippen molar-refractivity contribution in [2.45, 2.75) is 58.0 Å². The minimum atomic E-state index is -0.256. The molecule has 1 aliphatic rings. The van der Waals surface area contributed by atoms with Crippen LogP contribution in [0.4, 0.5) is 0 Å². The van der Waals surface area contributed by atoms with Gasteiger partial charge in [-0.3, -0.25) is 0 Å². The van der Waals surface area contributed by atoms with Crippen LogP contribution in [0.1, 0.15) is 48.3 Å². The summed E-state index contributed by atoms with van der Waals surface area (Å²) in [6, 6.07) is 0. The van der Waals surface area contributed by atoms with Crippen LogP contribution < -0.4 is 0 Å². The summed E-state index contributed by atoms with van der Waals surface area (Å²) < 4.78 is 7.74. The molecule has 1 saturated heterocycles. The highest BCUT2D eigenvalue weighted by molar-refractivity contribution is 4.91. The van der Waals surface area contributed by atoms with E-state index in [1.807, 2.05) is 27.7 Å². The third kappa shape index (κ3) is 1.57. The van der Waals surface area contributed by atoms with E-state index in [1.165, 1.54) is 5.06 Å². The first-order valence-corrected chi connectivity index (χ1v) is 4.17. The van der Waals surface area contributed by atoms with Gasteiger partial charge in [-0.15, -0.1) is 0 Å². The Morgan fingerprint density at radius 2 is 1.55 bits per heavy atom. The largest absolute Gasteiger partial charge is 0.313 e. The van der Waals surface area contributed by atoms with Gasteiger partial charge in [-0.1, -0.05) is 0 Å². The molecular formula is C9H19NO. The number of rotatable bonds is 0. The maximum Gasteiger partial charge on any atom is 0.0410 e. The summed E-state index contributed by atoms with van der Waals surface area (Å²) in [5.74, 6) is 0. The molecule has 66 valence electrons. The fourth-order valence-electron chi connectivity index (χ4n) is 1.77. The summed E-state index contributed by atoms with van der Waals surface area (Å²) in [4.78, 5) is 0. The highest BCUT2D eigenvalue weighted by Gasteiger charge is 2.40. The monoisotopic (exact) mass is 159 g/mol. The van der Waals surface area contributed by atoms with Crippen LogP contribution in [0.25, 0.3) is 0 Å². The lowest BCUT2D eigenvalue weighted by molar-refractivity contribution is -0.241. The molecule has 0 amide bonds. The van der Waals surface area contributed by atoms with Gasteiger partial charge in [0, 0.05) is 12.4 Å². The van der Waals surface area contributed by atoms with Crippen LogP contribution in [0.3, 0.4) is 0 Å². The third-order valence-electron chi connectivity index (χ3n) is 2.43. The zero-order valence-corrected chi connectivity index (χ0v) is 7.89. The molecule has 1 rings (SSSR count). The smallest absolute Gasteiger partial charge is 0.0410 e. The molecule has 1 fully saturated rings. The molecule has 1 aliphatic heterocycles. The van der Waals surface area contributed by atoms with Crippen molar-refractivity contribution in [3.63, 3.8) is 0 Å². The molecule has 2 nitrogen and oxygen atoms in total. The molecule has 0 unspecified atom stereocenters. The lowest BCUT2D eigenvalue weighted by Crippen LogP contribution is -2.56. The lowest BCUT2D eigenvalue weighted by Gasteiger charge is -2.48. The van der Waals surface area contributed by atoms with Gasteiger partial charge in [0.1, 0.15) is 0 Å². The van der Waals surface area contributed by atoms with E-state index in [2.05, 4.69) is 0 Å². The maximum atomic E-state index is 9.83. The molecule has 0 atom stereocenters. The first kappa shape index (κ1) is 7.56. The van der Waals surface area contributed by atoms with Crippen molar-refractivity contribution < 1.29 is 6.58 Å². The molecule has 1 heterocycles. The van der Waals surface area contributed by atoms with Gasteiger partial charge in [-0.25, -0.2) is 0 Å². The van der Waals surface area contributed by atoms with E-state index >= 15 is 0 Å². The Labute approximate surface area is 70.6 Å². The van der Waals surface area contributed by atoms with E-state index in [0.29, 0.717) is 0 Å². The van der Waals surface area contributed by atoms with Crippen LogP contribution in [-0.4, -0.2) is 21.3 Å². The maximum absolute atomic E-state index is 9.83. The van der Waals surface area contributed by atoms with Crippen molar-refractivity contribution >= 4 is 0 Å². The van der Waals surface area contributed by atoms with Crippen LogP contribution in [-0.2, 0) is 0 Å². The zero-order valence-electron chi connectivity index (χ0n) is 8.89. The number of hydroxylamine groups is 2. The van der Waals surface area contributed by atoms with Crippen LogP contribution >= 0.6 is 0 Å². The average molecular weight is 159 g/mol. The Balaban J connectivity index is 2.84. The third-order valence-corrected chi connectivity index (χ3v) is 2.43. The van der Waals surface area contributed by atoms with Crippen LogP contribution in [0.5, 0.6) is 0 Å². The van der Waals surface area contributed by atoms with Gasteiger partial charge in [-0.2, -0.15) is 5.06 Å². The van der Waals surface area contributed by atoms with Gasteiger partial charge >= 0.3 is 0 Å². The second kappa shape index (κ2) is 2.46. The number of hydrogen-bond acceptors (Lipinski definition) is 2. The van der Waals surface area contributed by atoms with Crippen LogP contribution in [0, 0.1) is 0 Å². The van der Waals surface area contributed by atoms with E-state index in [0.717, 1.165) is 12.8 Å². The van der Waals surface area contributed by atoms with Crippen molar-refractivity contribution in [1.29, 1.82) is 0 Å². The standard InChI is InChI=1S/C9H19NO/c1-8(2)6-5-7-9(3,4)10(8)11/h11H,5-7H2,1-4H3/i5T. The number of nitrogens with zero attached hydrogens (tertiary/aromatic N) is 1. The Kier molecular flexibility index (Phi) is 1.69. The van der Waals surface area contributed by atoms with E-state index in [1.54, 1.807) is 0 Å². The molecule has 0 aliphatic carbocycles. The van der Waals surface area contributed by atoms with Crippen molar-refractivity contribution in [2.24, 2.45) is 0 Å². The topological polar surface area (TPSA) is 23.5 Å². The molecule has 11 heavy (non-hydrogen) atoms. The van der Waals surface area contributed by atoms with E-state index in [9.17, 15) is 5.21 Å². The highest BCUT2D eigenvalue weighted by atomic mass is 16.5. The van der Waals surface area contributed by atoms with E-state index < -0.39 is 0 Å². The summed E-state index contributed by atoms with van der Waals surface area (Å²) in [5.41, 5.74) is -0.512. The molecule has 0 aromatic carbocycles. The summed E-state index contributed by atoms with van der Waals surface area (Å²) in [7, 11) is 0. The molecule has 0 aromatic heterocycles. The molecular weight excluding hydrogens is 138 g/mol. The highest BCUT2D eigenvalue weighted by Crippen LogP contribution is 2.35. The van der Waals surface area contributed by atoms with Gasteiger partial charge < -0.3 is 5.21 Å². The van der Waals surface area contributed by atoms with Crippen molar-refractivity contribution in [2.75, 3.05) is 0 Å². The van der Waals surface area contributed by atoms with Crippen molar-refractivity contribution in [3.8, 4) is 0 Å². The fourth-order valence-corrected chi connectivity index (χ4v) is 1.77. The molecule has 1 N–H and O–H groups in total. The second-order valence-corrected chi connectivity index (χ2v) is 4.63. The second-order valence-electron chi connectivity index (χ2n) is 4.63. The van der Waals surface area contributed by atoms with Crippen molar-refractivity contribution in [3.05, 3.63) is 0 Å². The molecule has 0 aromatic rings. The first-order chi connectivity index (χ1) is 5.26. The van der Waals surface area contributed by atoms with Gasteiger partial charge in [0.05, 0.1) is 0 Å². The number of piperidine rings is 1. The summed E-state index contributed by atoms with van der Waals surface area (Å²) >= 11 is 0. The molecule has 0 saturated carbocycles. The Bertz CT molecular complexity index is 161.